The molecule has 2 atom stereocenters. The lowest BCUT2D eigenvalue weighted by Crippen LogP contribution is -2.58. The van der Waals surface area contributed by atoms with Crippen LogP contribution >= 0.6 is 24.2 Å². The topological polar surface area (TPSA) is 52.7 Å². The number of piperazine rings is 1. The molecule has 5 nitrogen and oxygen atoms in total. The summed E-state index contributed by atoms with van der Waals surface area (Å²) < 4.78 is 0. The number of amides is 2. The van der Waals surface area contributed by atoms with Crippen molar-refractivity contribution < 1.29 is 9.59 Å². The smallest absolute Gasteiger partial charge is 0.236 e. The third kappa shape index (κ3) is 5.88. The van der Waals surface area contributed by atoms with Crippen LogP contribution in [0.4, 0.5) is 0 Å². The van der Waals surface area contributed by atoms with E-state index in [0.717, 1.165) is 38.2 Å². The summed E-state index contributed by atoms with van der Waals surface area (Å²) in [4.78, 5) is 29.5. The minimum absolute atomic E-state index is 0. The molecule has 1 aromatic carbocycles. The lowest BCUT2D eigenvalue weighted by Gasteiger charge is -2.42. The summed E-state index contributed by atoms with van der Waals surface area (Å²) in [5.41, 5.74) is 1.25. The maximum atomic E-state index is 13.3. The highest BCUT2D eigenvalue weighted by atomic mass is 35.5. The van der Waals surface area contributed by atoms with Crippen LogP contribution < -0.4 is 5.32 Å². The first-order valence-electron chi connectivity index (χ1n) is 10.0. The normalized spacial score (nSPS) is 21.4. The Morgan fingerprint density at radius 2 is 2.00 bits per heavy atom. The number of nitrogens with zero attached hydrogens (tertiary/aromatic N) is 2. The van der Waals surface area contributed by atoms with E-state index in [4.69, 9.17) is 0 Å². The summed E-state index contributed by atoms with van der Waals surface area (Å²) in [6.07, 6.45) is 1.97. The van der Waals surface area contributed by atoms with E-state index in [1.807, 2.05) is 28.0 Å². The van der Waals surface area contributed by atoms with Crippen LogP contribution in [0.15, 0.2) is 30.3 Å². The number of hydrogen-bond acceptors (Lipinski definition) is 4. The van der Waals surface area contributed by atoms with Crippen molar-refractivity contribution >= 4 is 36.0 Å². The van der Waals surface area contributed by atoms with Gasteiger partial charge in [-0.1, -0.05) is 44.2 Å². The van der Waals surface area contributed by atoms with Crippen LogP contribution in [0.3, 0.4) is 0 Å². The molecule has 0 saturated carbocycles. The average molecular weight is 426 g/mol. The fourth-order valence-corrected chi connectivity index (χ4v) is 5.15. The fraction of sp³-hybridized carbons (Fsp3) is 0.619. The third-order valence-corrected chi connectivity index (χ3v) is 7.00. The molecule has 0 aliphatic carbocycles. The van der Waals surface area contributed by atoms with Gasteiger partial charge in [0.25, 0.3) is 0 Å². The second-order valence-corrected chi connectivity index (χ2v) is 8.94. The minimum atomic E-state index is -0.0392. The Labute approximate surface area is 179 Å². The Balaban J connectivity index is 0.00000280. The predicted octanol–water partition coefficient (Wildman–Crippen LogP) is 2.79. The molecule has 156 valence electrons. The van der Waals surface area contributed by atoms with Gasteiger partial charge < -0.3 is 15.1 Å². The van der Waals surface area contributed by atoms with Gasteiger partial charge in [-0.2, -0.15) is 0 Å². The Bertz CT molecular complexity index is 644. The zero-order valence-electron chi connectivity index (χ0n) is 16.8. The highest BCUT2D eigenvalue weighted by Crippen LogP contribution is 2.27. The second-order valence-electron chi connectivity index (χ2n) is 7.81. The molecule has 2 fully saturated rings. The van der Waals surface area contributed by atoms with Gasteiger partial charge in [-0.05, 0) is 24.3 Å². The third-order valence-electron chi connectivity index (χ3n) is 5.40. The van der Waals surface area contributed by atoms with E-state index < -0.39 is 0 Å². The van der Waals surface area contributed by atoms with Crippen molar-refractivity contribution in [1.29, 1.82) is 0 Å². The fourth-order valence-electron chi connectivity index (χ4n) is 3.91. The number of carbonyl (C=O) groups is 2. The van der Waals surface area contributed by atoms with Gasteiger partial charge in [-0.15, -0.1) is 24.2 Å². The number of hydrogen-bond donors (Lipinski definition) is 1. The van der Waals surface area contributed by atoms with Crippen LogP contribution in [0.2, 0.25) is 0 Å². The number of likely N-dealkylation sites (tertiary alicyclic amines) is 1. The summed E-state index contributed by atoms with van der Waals surface area (Å²) in [6.45, 7) is 7.76. The summed E-state index contributed by atoms with van der Waals surface area (Å²) in [6, 6.07) is 10.5. The molecule has 3 rings (SSSR count). The quantitative estimate of drug-likeness (QED) is 0.761. The molecular formula is C21H32ClN3O2S. The van der Waals surface area contributed by atoms with Gasteiger partial charge in [0.1, 0.15) is 0 Å². The van der Waals surface area contributed by atoms with E-state index in [0.29, 0.717) is 13.1 Å². The molecule has 1 aromatic rings. The summed E-state index contributed by atoms with van der Waals surface area (Å²) >= 11 is 1.74. The Morgan fingerprint density at radius 1 is 1.25 bits per heavy atom. The molecule has 0 bridgehead atoms. The van der Waals surface area contributed by atoms with Gasteiger partial charge >= 0.3 is 0 Å². The maximum Gasteiger partial charge on any atom is 0.236 e. The zero-order chi connectivity index (χ0) is 19.2. The SMILES string of the molecule is CC(C)C(SCc1ccccc1)C(=O)N1CCCC(N2CCNCC2=O)C1.Cl. The second kappa shape index (κ2) is 11.1. The number of piperidine rings is 1. The van der Waals surface area contributed by atoms with Crippen LogP contribution in [0.5, 0.6) is 0 Å². The van der Waals surface area contributed by atoms with Gasteiger partial charge in [0.2, 0.25) is 11.8 Å². The van der Waals surface area contributed by atoms with E-state index >= 15 is 0 Å². The Morgan fingerprint density at radius 3 is 2.68 bits per heavy atom. The van der Waals surface area contributed by atoms with Crippen LogP contribution in [-0.2, 0) is 15.3 Å². The van der Waals surface area contributed by atoms with Crippen LogP contribution in [0, 0.1) is 5.92 Å². The highest BCUT2D eigenvalue weighted by Gasteiger charge is 2.34. The molecule has 2 amide bonds. The molecule has 2 aliphatic heterocycles. The van der Waals surface area contributed by atoms with Crippen LogP contribution in [0.1, 0.15) is 32.3 Å². The van der Waals surface area contributed by atoms with Gasteiger partial charge in [-0.25, -0.2) is 0 Å². The predicted molar refractivity (Wildman–Crippen MR) is 118 cm³/mol. The van der Waals surface area contributed by atoms with Crippen LogP contribution in [0.25, 0.3) is 0 Å². The highest BCUT2D eigenvalue weighted by molar-refractivity contribution is 7.99. The largest absolute Gasteiger partial charge is 0.340 e. The van der Waals surface area contributed by atoms with Crippen molar-refractivity contribution in [2.75, 3.05) is 32.7 Å². The number of benzene rings is 1. The van der Waals surface area contributed by atoms with Gasteiger partial charge in [-0.3, -0.25) is 9.59 Å². The van der Waals surface area contributed by atoms with Crippen molar-refractivity contribution in [2.45, 2.75) is 43.7 Å². The molecule has 2 heterocycles. The molecule has 2 saturated heterocycles. The average Bonchev–Trinajstić information content (AvgIpc) is 2.69. The van der Waals surface area contributed by atoms with E-state index in [2.05, 4.69) is 31.3 Å². The lowest BCUT2D eigenvalue weighted by atomic mass is 10.0. The number of nitrogens with one attached hydrogen (secondary N) is 1. The van der Waals surface area contributed by atoms with Crippen molar-refractivity contribution in [3.63, 3.8) is 0 Å². The van der Waals surface area contributed by atoms with Crippen molar-refractivity contribution in [2.24, 2.45) is 5.92 Å². The molecular weight excluding hydrogens is 394 g/mol. The molecule has 0 aromatic heterocycles. The molecule has 0 radical (unpaired) electrons. The first kappa shape index (κ1) is 23.0. The molecule has 0 spiro atoms. The van der Waals surface area contributed by atoms with Gasteiger partial charge in [0.15, 0.2) is 0 Å². The van der Waals surface area contributed by atoms with E-state index in [1.54, 1.807) is 11.8 Å². The van der Waals surface area contributed by atoms with E-state index in [1.165, 1.54) is 5.56 Å². The number of rotatable bonds is 6. The standard InChI is InChI=1S/C21H31N3O2S.ClH/c1-16(2)20(27-15-17-7-4-3-5-8-17)21(26)23-11-6-9-18(14-23)24-12-10-22-13-19(24)25;/h3-5,7-8,16,18,20,22H,6,9-15H2,1-2H3;1H. The lowest BCUT2D eigenvalue weighted by molar-refractivity contribution is -0.140. The first-order valence-corrected chi connectivity index (χ1v) is 11.1. The maximum absolute atomic E-state index is 13.3. The minimum Gasteiger partial charge on any atom is -0.340 e. The van der Waals surface area contributed by atoms with Crippen molar-refractivity contribution in [3.05, 3.63) is 35.9 Å². The van der Waals surface area contributed by atoms with Gasteiger partial charge in [0.05, 0.1) is 11.8 Å². The molecule has 1 N–H and O–H groups in total. The molecule has 2 unspecified atom stereocenters. The molecule has 2 aliphatic rings. The monoisotopic (exact) mass is 425 g/mol. The zero-order valence-corrected chi connectivity index (χ0v) is 18.4. The molecule has 7 heteroatoms. The van der Waals surface area contributed by atoms with Crippen molar-refractivity contribution in [1.82, 2.24) is 15.1 Å². The number of halogens is 1. The summed E-state index contributed by atoms with van der Waals surface area (Å²) in [7, 11) is 0. The van der Waals surface area contributed by atoms with Crippen molar-refractivity contribution in [3.8, 4) is 0 Å². The first-order chi connectivity index (χ1) is 13.1. The van der Waals surface area contributed by atoms with E-state index in [-0.39, 0.29) is 41.4 Å². The summed E-state index contributed by atoms with van der Waals surface area (Å²) in [5, 5.41) is 3.09. The number of thioether (sulfide) groups is 1. The Kier molecular flexibility index (Phi) is 9.12. The summed E-state index contributed by atoms with van der Waals surface area (Å²) in [5.74, 6) is 1.54. The number of carbonyl (C=O) groups excluding carboxylic acids is 2. The van der Waals surface area contributed by atoms with Crippen LogP contribution in [-0.4, -0.2) is 65.6 Å². The van der Waals surface area contributed by atoms with Gasteiger partial charge in [0, 0.05) is 38.0 Å². The van der Waals surface area contributed by atoms with E-state index in [9.17, 15) is 9.59 Å². The Hall–Kier alpha value is -1.24. The molecule has 28 heavy (non-hydrogen) atoms.